The number of carbonyl (C=O) groups excluding carboxylic acids is 1. The lowest BCUT2D eigenvalue weighted by atomic mass is 10.1. The fourth-order valence-corrected chi connectivity index (χ4v) is 2.20. The van der Waals surface area contributed by atoms with Crippen LogP contribution < -0.4 is 5.32 Å². The van der Waals surface area contributed by atoms with Crippen molar-refractivity contribution in [3.63, 3.8) is 0 Å². The number of nitrogens with zero attached hydrogens (tertiary/aromatic N) is 1. The van der Waals surface area contributed by atoms with Crippen LogP contribution in [0.4, 0.5) is 0 Å². The maximum atomic E-state index is 12.1. The second-order valence-electron chi connectivity index (χ2n) is 4.66. The van der Waals surface area contributed by atoms with Gasteiger partial charge in [-0.05, 0) is 39.4 Å². The molecule has 4 nitrogen and oxygen atoms in total. The molecule has 2 N–H and O–H groups in total. The molecule has 0 bridgehead atoms. The summed E-state index contributed by atoms with van der Waals surface area (Å²) >= 11 is 0. The van der Waals surface area contributed by atoms with Crippen LogP contribution >= 0.6 is 0 Å². The molecular formula is C18H37N3O. The van der Waals surface area contributed by atoms with E-state index >= 15 is 0 Å². The number of rotatable bonds is 6. The third-order valence-corrected chi connectivity index (χ3v) is 3.52. The van der Waals surface area contributed by atoms with E-state index in [9.17, 15) is 4.79 Å². The molecule has 0 aliphatic heterocycles. The summed E-state index contributed by atoms with van der Waals surface area (Å²) in [7, 11) is 0. The number of likely N-dealkylation sites (N-methyl/N-ethyl adjacent to an activating group) is 1. The number of H-pyrrole nitrogens is 1. The van der Waals surface area contributed by atoms with Crippen molar-refractivity contribution in [2.45, 2.75) is 62.3 Å². The summed E-state index contributed by atoms with van der Waals surface area (Å²) in [5, 5.41) is 2.99. The first kappa shape index (κ1) is 23.0. The second kappa shape index (κ2) is 13.4. The first-order chi connectivity index (χ1) is 10.5. The van der Waals surface area contributed by atoms with E-state index in [0.29, 0.717) is 6.54 Å². The maximum absolute atomic E-state index is 12.1. The Morgan fingerprint density at radius 1 is 1.00 bits per heavy atom. The Labute approximate surface area is 137 Å². The number of aryl methyl sites for hydroxylation is 2. The molecule has 0 aromatic carbocycles. The zero-order valence-electron chi connectivity index (χ0n) is 16.2. The summed E-state index contributed by atoms with van der Waals surface area (Å²) in [5.41, 5.74) is 3.87. The summed E-state index contributed by atoms with van der Waals surface area (Å²) in [6.45, 7) is 21.8. The quantitative estimate of drug-likeness (QED) is 0.832. The van der Waals surface area contributed by atoms with Crippen LogP contribution in [0, 0.1) is 20.8 Å². The normalized spacial score (nSPS) is 9.55. The highest BCUT2D eigenvalue weighted by molar-refractivity contribution is 5.97. The minimum absolute atomic E-state index is 0.0292. The van der Waals surface area contributed by atoms with Gasteiger partial charge in [-0.25, -0.2) is 0 Å². The number of nitrogens with one attached hydrogen (secondary N) is 2. The molecule has 1 rings (SSSR count). The molecule has 1 heterocycles. The predicted octanol–water partition coefficient (Wildman–Crippen LogP) is 4.06. The Kier molecular flexibility index (Phi) is 14.0. The lowest BCUT2D eigenvalue weighted by Gasteiger charge is -2.18. The van der Waals surface area contributed by atoms with Crippen molar-refractivity contribution in [2.24, 2.45) is 0 Å². The van der Waals surface area contributed by atoms with E-state index in [1.165, 1.54) is 0 Å². The van der Waals surface area contributed by atoms with E-state index in [2.05, 4.69) is 29.0 Å². The van der Waals surface area contributed by atoms with E-state index in [1.54, 1.807) is 0 Å². The fraction of sp³-hybridized carbons (Fsp3) is 0.722. The van der Waals surface area contributed by atoms with Gasteiger partial charge in [-0.15, -0.1) is 0 Å². The molecule has 4 heteroatoms. The van der Waals surface area contributed by atoms with Gasteiger partial charge in [0.15, 0.2) is 0 Å². The first-order valence-corrected chi connectivity index (χ1v) is 8.67. The Balaban J connectivity index is 0. The van der Waals surface area contributed by atoms with Gasteiger partial charge >= 0.3 is 0 Å². The van der Waals surface area contributed by atoms with Gasteiger partial charge in [0.1, 0.15) is 0 Å². The van der Waals surface area contributed by atoms with Crippen molar-refractivity contribution in [1.82, 2.24) is 15.2 Å². The molecule has 1 aromatic rings. The van der Waals surface area contributed by atoms with Gasteiger partial charge < -0.3 is 15.2 Å². The van der Waals surface area contributed by atoms with Crippen LogP contribution in [0.1, 0.15) is 68.9 Å². The molecule has 0 spiro atoms. The minimum atomic E-state index is 0.0292. The third-order valence-electron chi connectivity index (χ3n) is 3.52. The van der Waals surface area contributed by atoms with Crippen LogP contribution in [0.2, 0.25) is 0 Å². The van der Waals surface area contributed by atoms with Gasteiger partial charge in [-0.2, -0.15) is 0 Å². The number of carbonyl (C=O) groups is 1. The fourth-order valence-electron chi connectivity index (χ4n) is 2.20. The van der Waals surface area contributed by atoms with Gasteiger partial charge in [0.2, 0.25) is 0 Å². The highest BCUT2D eigenvalue weighted by Crippen LogP contribution is 2.16. The topological polar surface area (TPSA) is 48.1 Å². The molecule has 0 aliphatic carbocycles. The van der Waals surface area contributed by atoms with Crippen molar-refractivity contribution in [3.8, 4) is 0 Å². The first-order valence-electron chi connectivity index (χ1n) is 8.67. The van der Waals surface area contributed by atoms with E-state index < -0.39 is 0 Å². The number of hydrogen-bond donors (Lipinski definition) is 2. The van der Waals surface area contributed by atoms with Crippen molar-refractivity contribution in [1.29, 1.82) is 0 Å². The van der Waals surface area contributed by atoms with Crippen LogP contribution in [-0.2, 0) is 0 Å². The summed E-state index contributed by atoms with van der Waals surface area (Å²) in [6, 6.07) is 0. The molecule has 22 heavy (non-hydrogen) atoms. The molecule has 0 saturated heterocycles. The molecule has 0 aliphatic rings. The van der Waals surface area contributed by atoms with Crippen LogP contribution in [-0.4, -0.2) is 42.0 Å². The summed E-state index contributed by atoms with van der Waals surface area (Å²) in [6.07, 6.45) is 0. The molecule has 0 fully saturated rings. The van der Waals surface area contributed by atoms with Crippen molar-refractivity contribution in [2.75, 3.05) is 26.2 Å². The summed E-state index contributed by atoms with van der Waals surface area (Å²) in [4.78, 5) is 17.6. The molecule has 1 amide bonds. The lowest BCUT2D eigenvalue weighted by Crippen LogP contribution is -2.35. The Morgan fingerprint density at radius 2 is 1.50 bits per heavy atom. The van der Waals surface area contributed by atoms with Crippen LogP contribution in [0.3, 0.4) is 0 Å². The molecule has 0 radical (unpaired) electrons. The monoisotopic (exact) mass is 311 g/mol. The van der Waals surface area contributed by atoms with Gasteiger partial charge in [0.05, 0.1) is 5.56 Å². The maximum Gasteiger partial charge on any atom is 0.253 e. The molecule has 1 aromatic heterocycles. The predicted molar refractivity (Wildman–Crippen MR) is 97.8 cm³/mol. The zero-order chi connectivity index (χ0) is 17.7. The SMILES string of the molecule is CC.CC.CCN(CC)CCNC(=O)c1c(C)[nH]c(C)c1C. The standard InChI is InChI=1S/C14H25N3O.2C2H6/c1-6-17(7-2)9-8-15-14(18)13-10(3)11(4)16-12(13)5;2*1-2/h16H,6-9H2,1-5H3,(H,15,18);2*1-2H3. The van der Waals surface area contributed by atoms with Gasteiger partial charge in [0.25, 0.3) is 5.91 Å². The second-order valence-corrected chi connectivity index (χ2v) is 4.66. The Morgan fingerprint density at radius 3 is 1.86 bits per heavy atom. The molecule has 0 atom stereocenters. The van der Waals surface area contributed by atoms with Gasteiger partial charge in [0, 0.05) is 24.5 Å². The van der Waals surface area contributed by atoms with Crippen molar-refractivity contribution in [3.05, 3.63) is 22.5 Å². The summed E-state index contributed by atoms with van der Waals surface area (Å²) < 4.78 is 0. The smallest absolute Gasteiger partial charge is 0.253 e. The number of amides is 1. The van der Waals surface area contributed by atoms with E-state index in [4.69, 9.17) is 0 Å². The minimum Gasteiger partial charge on any atom is -0.362 e. The zero-order valence-corrected chi connectivity index (χ0v) is 16.2. The van der Waals surface area contributed by atoms with Crippen LogP contribution in [0.25, 0.3) is 0 Å². The average molecular weight is 312 g/mol. The molecule has 130 valence electrons. The van der Waals surface area contributed by atoms with E-state index in [-0.39, 0.29) is 5.91 Å². The van der Waals surface area contributed by atoms with E-state index in [0.717, 1.165) is 42.1 Å². The highest BCUT2D eigenvalue weighted by atomic mass is 16.1. The van der Waals surface area contributed by atoms with Crippen LogP contribution in [0.5, 0.6) is 0 Å². The van der Waals surface area contributed by atoms with Gasteiger partial charge in [-0.3, -0.25) is 4.79 Å². The number of aromatic amines is 1. The number of hydrogen-bond acceptors (Lipinski definition) is 2. The molecular weight excluding hydrogens is 274 g/mol. The van der Waals surface area contributed by atoms with Crippen molar-refractivity contribution >= 4 is 5.91 Å². The van der Waals surface area contributed by atoms with E-state index in [1.807, 2.05) is 48.5 Å². The van der Waals surface area contributed by atoms with Crippen molar-refractivity contribution < 1.29 is 4.79 Å². The Hall–Kier alpha value is -1.29. The third kappa shape index (κ3) is 7.12. The van der Waals surface area contributed by atoms with Gasteiger partial charge in [-0.1, -0.05) is 41.5 Å². The highest BCUT2D eigenvalue weighted by Gasteiger charge is 2.15. The Bertz CT molecular complexity index is 407. The summed E-state index contributed by atoms with van der Waals surface area (Å²) in [5.74, 6) is 0.0292. The molecule has 0 unspecified atom stereocenters. The number of aromatic nitrogens is 1. The largest absolute Gasteiger partial charge is 0.362 e. The average Bonchev–Trinajstić information content (AvgIpc) is 2.80. The molecule has 0 saturated carbocycles. The van der Waals surface area contributed by atoms with Crippen LogP contribution in [0.15, 0.2) is 0 Å². The lowest BCUT2D eigenvalue weighted by molar-refractivity contribution is 0.0948.